The van der Waals surface area contributed by atoms with E-state index in [1.165, 1.54) is 6.08 Å². The van der Waals surface area contributed by atoms with Gasteiger partial charge in [-0.2, -0.15) is 0 Å². The van der Waals surface area contributed by atoms with E-state index in [0.29, 0.717) is 0 Å². The van der Waals surface area contributed by atoms with E-state index < -0.39 is 6.09 Å². The van der Waals surface area contributed by atoms with E-state index in [2.05, 4.69) is 11.3 Å². The molecule has 0 aliphatic carbocycles. The number of hydrogen-bond donors (Lipinski definition) is 0. The van der Waals surface area contributed by atoms with Crippen molar-refractivity contribution in [2.75, 3.05) is 6.61 Å². The molecule has 0 radical (unpaired) electrons. The van der Waals surface area contributed by atoms with Gasteiger partial charge in [0.25, 0.3) is 0 Å². The van der Waals surface area contributed by atoms with E-state index in [0.717, 1.165) is 0 Å². The van der Waals surface area contributed by atoms with Gasteiger partial charge in [-0.1, -0.05) is 12.7 Å². The van der Waals surface area contributed by atoms with Crippen LogP contribution in [0.1, 0.15) is 0 Å². The lowest BCUT2D eigenvalue weighted by molar-refractivity contribution is 0.169. The van der Waals surface area contributed by atoms with E-state index in [-0.39, 0.29) is 6.61 Å². The average Bonchev–Trinajstić information content (AvgIpc) is 1.83. The lowest BCUT2D eigenvalue weighted by Crippen LogP contribution is -1.95. The van der Waals surface area contributed by atoms with Gasteiger partial charge in [0.2, 0.25) is 0 Å². The largest absolute Gasteiger partial charge is 0.470 e. The summed E-state index contributed by atoms with van der Waals surface area (Å²) in [6, 6.07) is 0. The molecule has 0 spiro atoms. The second-order valence-electron chi connectivity index (χ2n) is 0.957. The number of carbonyl (C=O) groups excluding carboxylic acids is 1. The molecule has 4 nitrogen and oxygen atoms in total. The molecule has 0 bridgehead atoms. The summed E-state index contributed by atoms with van der Waals surface area (Å²) in [4.78, 5) is 19.1. The van der Waals surface area contributed by atoms with Gasteiger partial charge in [0.15, 0.2) is 0 Å². The molecule has 0 rings (SSSR count). The first-order valence-corrected chi connectivity index (χ1v) is 1.92. The van der Waals surface area contributed by atoms with Crippen LogP contribution in [0.4, 0.5) is 4.79 Å². The Labute approximate surface area is 46.1 Å². The lowest BCUT2D eigenvalue weighted by Gasteiger charge is -1.88. The van der Waals surface area contributed by atoms with Crippen LogP contribution in [0.5, 0.6) is 0 Å². The van der Waals surface area contributed by atoms with Gasteiger partial charge >= 0.3 is 6.09 Å². The van der Waals surface area contributed by atoms with E-state index in [1.54, 1.807) is 0 Å². The van der Waals surface area contributed by atoms with Crippen LogP contribution in [0, 0.1) is 4.91 Å². The molecule has 0 N–H and O–H groups in total. The SMILES string of the molecule is C=CCOC(=O)N=O. The van der Waals surface area contributed by atoms with Crippen molar-refractivity contribution in [2.24, 2.45) is 5.18 Å². The number of rotatable bonds is 2. The highest BCUT2D eigenvalue weighted by molar-refractivity contribution is 5.67. The zero-order valence-electron chi connectivity index (χ0n) is 4.16. The number of carbonyl (C=O) groups is 1. The molecule has 0 atom stereocenters. The van der Waals surface area contributed by atoms with Crippen LogP contribution < -0.4 is 0 Å². The number of amides is 1. The first kappa shape index (κ1) is 6.81. The molecule has 4 heteroatoms. The number of nitrogens with zero attached hydrogens (tertiary/aromatic N) is 1. The van der Waals surface area contributed by atoms with Gasteiger partial charge in [0.05, 0.1) is 5.18 Å². The maximum atomic E-state index is 9.82. The van der Waals surface area contributed by atoms with Gasteiger partial charge in [-0.15, -0.1) is 4.91 Å². The smallest absolute Gasteiger partial charge is 0.442 e. The maximum absolute atomic E-state index is 9.82. The second-order valence-corrected chi connectivity index (χ2v) is 0.957. The fraction of sp³-hybridized carbons (Fsp3) is 0.250. The molecule has 44 valence electrons. The van der Waals surface area contributed by atoms with Crippen molar-refractivity contribution in [1.29, 1.82) is 0 Å². The third-order valence-corrected chi connectivity index (χ3v) is 0.399. The van der Waals surface area contributed by atoms with Crippen LogP contribution in [-0.4, -0.2) is 12.7 Å². The quantitative estimate of drug-likeness (QED) is 0.399. The summed E-state index contributed by atoms with van der Waals surface area (Å²) in [7, 11) is 0. The summed E-state index contributed by atoms with van der Waals surface area (Å²) in [6.07, 6.45) is 0.244. The molecule has 0 heterocycles. The molecule has 1 amide bonds. The van der Waals surface area contributed by atoms with Gasteiger partial charge in [0.1, 0.15) is 6.61 Å². The fourth-order valence-electron chi connectivity index (χ4n) is 0.157. The summed E-state index contributed by atoms with van der Waals surface area (Å²) in [5.74, 6) is 0. The van der Waals surface area contributed by atoms with Gasteiger partial charge in [-0.3, -0.25) is 0 Å². The van der Waals surface area contributed by atoms with Crippen molar-refractivity contribution in [3.63, 3.8) is 0 Å². The van der Waals surface area contributed by atoms with Crippen molar-refractivity contribution < 1.29 is 9.53 Å². The van der Waals surface area contributed by atoms with Crippen molar-refractivity contribution in [3.05, 3.63) is 17.6 Å². The Bertz CT molecular complexity index is 110. The Morgan fingerprint density at radius 2 is 2.50 bits per heavy atom. The molecule has 8 heavy (non-hydrogen) atoms. The number of nitroso groups, excluding NO2 is 1. The Morgan fingerprint density at radius 1 is 1.88 bits per heavy atom. The average molecular weight is 115 g/mol. The Kier molecular flexibility index (Phi) is 3.39. The van der Waals surface area contributed by atoms with Crippen molar-refractivity contribution in [2.45, 2.75) is 0 Å². The molecule has 0 aliphatic rings. The summed E-state index contributed by atoms with van der Waals surface area (Å²) >= 11 is 0. The monoisotopic (exact) mass is 115 g/mol. The van der Waals surface area contributed by atoms with E-state index in [9.17, 15) is 9.70 Å². The molecule has 0 fully saturated rings. The molecule has 0 saturated carbocycles. The molecule has 0 saturated heterocycles. The van der Waals surface area contributed by atoms with Crippen LogP contribution in [0.25, 0.3) is 0 Å². The highest BCUT2D eigenvalue weighted by Gasteiger charge is 1.94. The van der Waals surface area contributed by atoms with E-state index in [1.807, 2.05) is 5.18 Å². The third-order valence-electron chi connectivity index (χ3n) is 0.399. The Morgan fingerprint density at radius 3 is 2.88 bits per heavy atom. The molecular weight excluding hydrogens is 110 g/mol. The summed E-state index contributed by atoms with van der Waals surface area (Å²) in [6.45, 7) is 3.28. The maximum Gasteiger partial charge on any atom is 0.470 e. The van der Waals surface area contributed by atoms with Crippen LogP contribution >= 0.6 is 0 Å². The van der Waals surface area contributed by atoms with Crippen molar-refractivity contribution in [3.8, 4) is 0 Å². The second kappa shape index (κ2) is 3.98. The topological polar surface area (TPSA) is 55.7 Å². The highest BCUT2D eigenvalue weighted by Crippen LogP contribution is 1.80. The Balaban J connectivity index is 3.24. The van der Waals surface area contributed by atoms with Gasteiger partial charge < -0.3 is 4.74 Å². The first-order chi connectivity index (χ1) is 3.81. The van der Waals surface area contributed by atoms with Crippen molar-refractivity contribution >= 4 is 6.09 Å². The standard InChI is InChI=1S/C4H5NO3/c1-2-3-8-4(6)5-7/h2H,1,3H2. The fourth-order valence-corrected chi connectivity index (χ4v) is 0.157. The minimum atomic E-state index is -1.11. The summed E-state index contributed by atoms with van der Waals surface area (Å²) in [5, 5.41) is 1.97. The Hall–Kier alpha value is -1.19. The van der Waals surface area contributed by atoms with Gasteiger partial charge in [-0.25, -0.2) is 4.79 Å². The van der Waals surface area contributed by atoms with Gasteiger partial charge in [-0.05, 0) is 0 Å². The molecule has 0 aliphatic heterocycles. The van der Waals surface area contributed by atoms with E-state index >= 15 is 0 Å². The number of hydrogen-bond acceptors (Lipinski definition) is 3. The van der Waals surface area contributed by atoms with Crippen LogP contribution in [0.3, 0.4) is 0 Å². The summed E-state index contributed by atoms with van der Waals surface area (Å²) in [5.41, 5.74) is 0. The minimum absolute atomic E-state index is 0.0323. The van der Waals surface area contributed by atoms with Crippen molar-refractivity contribution in [1.82, 2.24) is 0 Å². The highest BCUT2D eigenvalue weighted by atomic mass is 16.6. The van der Waals surface area contributed by atoms with Gasteiger partial charge in [0, 0.05) is 0 Å². The normalized spacial score (nSPS) is 7.50. The van der Waals surface area contributed by atoms with E-state index in [4.69, 9.17) is 0 Å². The zero-order chi connectivity index (χ0) is 6.41. The molecule has 0 unspecified atom stereocenters. The zero-order valence-corrected chi connectivity index (χ0v) is 4.16. The van der Waals surface area contributed by atoms with Crippen LogP contribution in [0.15, 0.2) is 17.8 Å². The number of ether oxygens (including phenoxy) is 1. The van der Waals surface area contributed by atoms with Crippen LogP contribution in [-0.2, 0) is 4.74 Å². The summed E-state index contributed by atoms with van der Waals surface area (Å²) < 4.78 is 4.10. The first-order valence-electron chi connectivity index (χ1n) is 1.92. The predicted octanol–water partition coefficient (Wildman–Crippen LogP) is 1.08. The molecule has 0 aromatic heterocycles. The molecular formula is C4H5NO3. The minimum Gasteiger partial charge on any atom is -0.442 e. The lowest BCUT2D eigenvalue weighted by atomic mass is 10.7. The predicted molar refractivity (Wildman–Crippen MR) is 27.3 cm³/mol. The third kappa shape index (κ3) is 3.02. The molecule has 0 aromatic rings. The molecule has 0 aromatic carbocycles. The van der Waals surface area contributed by atoms with Crippen LogP contribution in [0.2, 0.25) is 0 Å².